The van der Waals surface area contributed by atoms with E-state index in [2.05, 4.69) is 50.9 Å². The third-order valence-electron chi connectivity index (χ3n) is 2.56. The molecule has 0 aromatic rings. The fourth-order valence-corrected chi connectivity index (χ4v) is 13.1. The normalized spacial score (nSPS) is 12.9. The van der Waals surface area contributed by atoms with Gasteiger partial charge in [0.05, 0.1) is 0 Å². The van der Waals surface area contributed by atoms with Crippen molar-refractivity contribution in [3.63, 3.8) is 0 Å². The minimum atomic E-state index is -2.31. The van der Waals surface area contributed by atoms with Crippen LogP contribution < -0.4 is 4.65 Å². The first-order chi connectivity index (χ1) is 9.27. The molecular formula is C14H36Cl3NSi3. The van der Waals surface area contributed by atoms with Gasteiger partial charge in [-0.1, -0.05) is 84.7 Å². The molecule has 0 aromatic heterocycles. The third-order valence-corrected chi connectivity index (χ3v) is 11.2. The van der Waals surface area contributed by atoms with Gasteiger partial charge in [-0.2, -0.15) is 0 Å². The van der Waals surface area contributed by atoms with Crippen molar-refractivity contribution in [2.75, 3.05) is 0 Å². The summed E-state index contributed by atoms with van der Waals surface area (Å²) >= 11 is 17.2. The molecule has 0 rings (SSSR count). The van der Waals surface area contributed by atoms with Crippen molar-refractivity contribution < 1.29 is 0 Å². The molecule has 0 aliphatic heterocycles. The number of nitrogens with one attached hydrogen (secondary N) is 1. The van der Waals surface area contributed by atoms with Crippen molar-refractivity contribution in [1.29, 1.82) is 0 Å². The van der Waals surface area contributed by atoms with Gasteiger partial charge in [-0.3, -0.25) is 0 Å². The Bertz CT molecular complexity index is 233. The average Bonchev–Trinajstić information content (AvgIpc) is 2.17. The Balaban J connectivity index is 0. The molecule has 0 aliphatic carbocycles. The Morgan fingerprint density at radius 1 is 0.667 bits per heavy atom. The molecule has 0 heterocycles. The van der Waals surface area contributed by atoms with Crippen LogP contribution in [0.25, 0.3) is 0 Å². The number of hydrogen-bond donors (Lipinski definition) is 1. The minimum Gasteiger partial charge on any atom is -0.360 e. The fraction of sp³-hybridized carbons (Fsp3) is 1.00. The Morgan fingerprint density at radius 2 is 1.05 bits per heavy atom. The van der Waals surface area contributed by atoms with Crippen LogP contribution in [0, 0.1) is 0 Å². The van der Waals surface area contributed by atoms with Crippen molar-refractivity contribution >= 4 is 55.7 Å². The zero-order valence-corrected chi connectivity index (χ0v) is 20.4. The topological polar surface area (TPSA) is 12.0 Å². The molecule has 0 aliphatic rings. The van der Waals surface area contributed by atoms with Gasteiger partial charge in [0.15, 0.2) is 0 Å². The van der Waals surface area contributed by atoms with Crippen molar-refractivity contribution in [3.8, 4) is 0 Å². The zero-order valence-electron chi connectivity index (χ0n) is 15.1. The third kappa shape index (κ3) is 30.0. The van der Waals surface area contributed by atoms with Crippen molar-refractivity contribution in [3.05, 3.63) is 0 Å². The monoisotopic (exact) mass is 407 g/mol. The van der Waals surface area contributed by atoms with Crippen molar-refractivity contribution in [2.45, 2.75) is 90.8 Å². The first-order valence-electron chi connectivity index (χ1n) is 8.13. The molecule has 0 atom stereocenters. The minimum absolute atomic E-state index is 0.823. The first-order valence-corrected chi connectivity index (χ1v) is 20.4. The maximum atomic E-state index is 5.74. The van der Waals surface area contributed by atoms with Crippen LogP contribution in [-0.2, 0) is 0 Å². The molecule has 0 bridgehead atoms. The van der Waals surface area contributed by atoms with E-state index in [1.807, 2.05) is 0 Å². The summed E-state index contributed by atoms with van der Waals surface area (Å²) in [5.74, 6) is 0. The number of rotatable bonds is 9. The molecule has 7 heteroatoms. The largest absolute Gasteiger partial charge is 0.360 e. The molecule has 130 valence electrons. The van der Waals surface area contributed by atoms with Gasteiger partial charge in [-0.05, 0) is 6.04 Å². The summed E-state index contributed by atoms with van der Waals surface area (Å²) in [4.78, 5) is 0. The van der Waals surface area contributed by atoms with Gasteiger partial charge in [0, 0.05) is 0 Å². The van der Waals surface area contributed by atoms with Gasteiger partial charge in [-0.15, -0.1) is 33.2 Å². The summed E-state index contributed by atoms with van der Waals surface area (Å²) < 4.78 is 3.74. The summed E-state index contributed by atoms with van der Waals surface area (Å²) in [7, 11) is -1.96. The Hall–Kier alpha value is 1.48. The molecule has 0 unspecified atom stereocenters. The van der Waals surface area contributed by atoms with Crippen LogP contribution >= 0.6 is 33.2 Å². The van der Waals surface area contributed by atoms with E-state index in [0.717, 1.165) is 12.5 Å². The SMILES string of the molecule is CCCCCCCC[Si](Cl)(Cl)Cl.C[Si](C)(C)N[Si](C)(C)C. The second kappa shape index (κ2) is 11.9. The first kappa shape index (κ1) is 24.7. The van der Waals surface area contributed by atoms with Crippen LogP contribution in [-0.4, -0.2) is 22.5 Å². The van der Waals surface area contributed by atoms with E-state index < -0.39 is 22.5 Å². The van der Waals surface area contributed by atoms with E-state index in [1.165, 1.54) is 32.1 Å². The Labute approximate surface area is 150 Å². The quantitative estimate of drug-likeness (QED) is 0.240. The predicted molar refractivity (Wildman–Crippen MR) is 111 cm³/mol. The summed E-state index contributed by atoms with van der Waals surface area (Å²) in [5, 5.41) is 0. The lowest BCUT2D eigenvalue weighted by Crippen LogP contribution is -2.55. The van der Waals surface area contributed by atoms with E-state index in [-0.39, 0.29) is 0 Å². The van der Waals surface area contributed by atoms with Crippen molar-refractivity contribution in [1.82, 2.24) is 4.65 Å². The second-order valence-electron chi connectivity index (χ2n) is 7.76. The molecule has 0 aromatic carbocycles. The molecule has 0 fully saturated rings. The lowest BCUT2D eigenvalue weighted by Gasteiger charge is -2.28. The van der Waals surface area contributed by atoms with E-state index in [9.17, 15) is 0 Å². The average molecular weight is 409 g/mol. The van der Waals surface area contributed by atoms with Gasteiger partial charge in [0.25, 0.3) is 0 Å². The Kier molecular flexibility index (Phi) is 14.1. The van der Waals surface area contributed by atoms with E-state index in [1.54, 1.807) is 0 Å². The highest BCUT2D eigenvalue weighted by Crippen LogP contribution is 2.27. The van der Waals surface area contributed by atoms with Crippen LogP contribution in [0.1, 0.15) is 45.4 Å². The highest BCUT2D eigenvalue weighted by molar-refractivity contribution is 7.64. The van der Waals surface area contributed by atoms with E-state index in [4.69, 9.17) is 33.2 Å². The summed E-state index contributed by atoms with van der Waals surface area (Å²) in [6.07, 6.45) is 7.57. The lowest BCUT2D eigenvalue weighted by atomic mass is 10.1. The van der Waals surface area contributed by atoms with Gasteiger partial charge in [0.2, 0.25) is 0 Å². The summed E-state index contributed by atoms with van der Waals surface area (Å²) in [6.45, 7) is 16.3. The molecule has 0 amide bonds. The van der Waals surface area contributed by atoms with Crippen LogP contribution in [0.4, 0.5) is 0 Å². The molecule has 0 radical (unpaired) electrons. The molecule has 0 saturated heterocycles. The molecule has 1 nitrogen and oxygen atoms in total. The molecule has 0 saturated carbocycles. The molecule has 21 heavy (non-hydrogen) atoms. The van der Waals surface area contributed by atoms with Gasteiger partial charge in [-0.25, -0.2) is 0 Å². The van der Waals surface area contributed by atoms with Crippen molar-refractivity contribution in [2.24, 2.45) is 0 Å². The predicted octanol–water partition coefficient (Wildman–Crippen LogP) is 7.25. The van der Waals surface area contributed by atoms with E-state index in [0.29, 0.717) is 0 Å². The van der Waals surface area contributed by atoms with Crippen LogP contribution in [0.2, 0.25) is 45.3 Å². The number of hydrogen-bond acceptors (Lipinski definition) is 1. The number of halogens is 3. The maximum absolute atomic E-state index is 5.74. The highest BCUT2D eigenvalue weighted by atomic mass is 35.8. The number of unbranched alkanes of at least 4 members (excludes halogenated alkanes) is 5. The second-order valence-corrected chi connectivity index (χ2v) is 27.0. The van der Waals surface area contributed by atoms with Gasteiger partial charge in [0.1, 0.15) is 16.5 Å². The summed E-state index contributed by atoms with van der Waals surface area (Å²) in [5.41, 5.74) is 0. The van der Waals surface area contributed by atoms with Crippen LogP contribution in [0.3, 0.4) is 0 Å². The smallest absolute Gasteiger partial charge is 0.341 e. The lowest BCUT2D eigenvalue weighted by molar-refractivity contribution is 0.624. The molecule has 1 N–H and O–H groups in total. The summed E-state index contributed by atoms with van der Waals surface area (Å²) in [6, 6.07) is -1.49. The fourth-order valence-electron chi connectivity index (χ4n) is 2.23. The Morgan fingerprint density at radius 3 is 1.33 bits per heavy atom. The van der Waals surface area contributed by atoms with Crippen LogP contribution in [0.15, 0.2) is 0 Å². The van der Waals surface area contributed by atoms with E-state index >= 15 is 0 Å². The molecule has 0 spiro atoms. The molecular weight excluding hydrogens is 373 g/mol. The van der Waals surface area contributed by atoms with Gasteiger partial charge >= 0.3 is 6.00 Å². The zero-order chi connectivity index (χ0) is 17.2. The highest BCUT2D eigenvalue weighted by Gasteiger charge is 2.23. The van der Waals surface area contributed by atoms with Crippen LogP contribution in [0.5, 0.6) is 0 Å². The van der Waals surface area contributed by atoms with Gasteiger partial charge < -0.3 is 4.65 Å². The maximum Gasteiger partial charge on any atom is 0.341 e. The standard InChI is InChI=1S/C8H17Cl3Si.C6H19NSi2/c1-2-3-4-5-6-7-8-12(9,10)11;1-8(2,3)7-9(4,5)6/h2-8H2,1H3;7H,1-6H3.